The number of hydrogen-bond donors (Lipinski definition) is 2. The Labute approximate surface area is 132 Å². The Hall–Kier alpha value is -1.49. The van der Waals surface area contributed by atoms with Crippen LogP contribution in [0.15, 0.2) is 42.5 Å². The van der Waals surface area contributed by atoms with Gasteiger partial charge >= 0.3 is 0 Å². The second kappa shape index (κ2) is 6.79. The molecule has 0 aromatic heterocycles. The predicted octanol–water partition coefficient (Wildman–Crippen LogP) is 4.81. The zero-order valence-corrected chi connectivity index (χ0v) is 12.9. The van der Waals surface area contributed by atoms with Crippen LogP contribution in [0.2, 0.25) is 10.0 Å². The molecule has 0 heterocycles. The van der Waals surface area contributed by atoms with Crippen molar-refractivity contribution in [2.24, 2.45) is 0 Å². The molecule has 104 valence electrons. The molecule has 2 rings (SSSR count). The van der Waals surface area contributed by atoms with Crippen molar-refractivity contribution < 1.29 is 4.74 Å². The van der Waals surface area contributed by atoms with Gasteiger partial charge in [0, 0.05) is 16.4 Å². The topological polar surface area (TPSA) is 33.3 Å². The highest BCUT2D eigenvalue weighted by Crippen LogP contribution is 2.27. The maximum atomic E-state index is 6.05. The normalized spacial score (nSPS) is 9.95. The lowest BCUT2D eigenvalue weighted by atomic mass is 10.3. The highest BCUT2D eigenvalue weighted by Gasteiger charge is 2.04. The van der Waals surface area contributed by atoms with Gasteiger partial charge in [-0.25, -0.2) is 0 Å². The van der Waals surface area contributed by atoms with Gasteiger partial charge in [0.1, 0.15) is 5.75 Å². The Balaban J connectivity index is 2.03. The lowest BCUT2D eigenvalue weighted by molar-refractivity contribution is 0.415. The van der Waals surface area contributed by atoms with Gasteiger partial charge in [0.25, 0.3) is 0 Å². The van der Waals surface area contributed by atoms with Gasteiger partial charge in [0.15, 0.2) is 5.11 Å². The number of rotatable bonds is 3. The summed E-state index contributed by atoms with van der Waals surface area (Å²) in [5, 5.41) is 7.69. The van der Waals surface area contributed by atoms with Gasteiger partial charge in [-0.05, 0) is 48.6 Å². The molecule has 0 radical (unpaired) electrons. The molecule has 0 amide bonds. The van der Waals surface area contributed by atoms with E-state index in [0.717, 1.165) is 11.4 Å². The number of benzene rings is 2. The van der Waals surface area contributed by atoms with E-state index in [0.29, 0.717) is 20.9 Å². The second-order valence-electron chi connectivity index (χ2n) is 3.94. The first-order valence-electron chi connectivity index (χ1n) is 5.75. The third-order valence-corrected chi connectivity index (χ3v) is 3.23. The predicted molar refractivity (Wildman–Crippen MR) is 89.3 cm³/mol. The Kier molecular flexibility index (Phi) is 5.06. The van der Waals surface area contributed by atoms with E-state index < -0.39 is 0 Å². The van der Waals surface area contributed by atoms with Gasteiger partial charge in [0.05, 0.1) is 12.1 Å². The number of hydrogen-bond acceptors (Lipinski definition) is 2. The van der Waals surface area contributed by atoms with Crippen LogP contribution >= 0.6 is 35.4 Å². The summed E-state index contributed by atoms with van der Waals surface area (Å²) in [6.45, 7) is 0. The van der Waals surface area contributed by atoms with Crippen LogP contribution in [0.25, 0.3) is 0 Å². The van der Waals surface area contributed by atoms with E-state index in [1.807, 2.05) is 18.2 Å². The molecule has 0 atom stereocenters. The van der Waals surface area contributed by atoms with E-state index in [-0.39, 0.29) is 0 Å². The SMILES string of the molecule is COc1ccc(NC(=S)Nc2cccc(Cl)c2)cc1Cl. The Morgan fingerprint density at radius 1 is 1.05 bits per heavy atom. The first-order chi connectivity index (χ1) is 9.58. The number of halogens is 2. The number of thiocarbonyl (C=S) groups is 1. The first-order valence-corrected chi connectivity index (χ1v) is 6.92. The maximum Gasteiger partial charge on any atom is 0.175 e. The van der Waals surface area contributed by atoms with Crippen molar-refractivity contribution in [2.75, 3.05) is 17.7 Å². The zero-order valence-electron chi connectivity index (χ0n) is 10.6. The average molecular weight is 327 g/mol. The largest absolute Gasteiger partial charge is 0.495 e. The van der Waals surface area contributed by atoms with Crippen molar-refractivity contribution in [1.29, 1.82) is 0 Å². The van der Waals surface area contributed by atoms with Gasteiger partial charge in [0.2, 0.25) is 0 Å². The van der Waals surface area contributed by atoms with Gasteiger partial charge in [-0.15, -0.1) is 0 Å². The smallest absolute Gasteiger partial charge is 0.175 e. The van der Waals surface area contributed by atoms with Gasteiger partial charge < -0.3 is 15.4 Å². The van der Waals surface area contributed by atoms with Crippen LogP contribution in [0.1, 0.15) is 0 Å². The Morgan fingerprint density at radius 2 is 1.75 bits per heavy atom. The molecular weight excluding hydrogens is 315 g/mol. The summed E-state index contributed by atoms with van der Waals surface area (Å²) in [4.78, 5) is 0. The summed E-state index contributed by atoms with van der Waals surface area (Å²) < 4.78 is 5.09. The van der Waals surface area contributed by atoms with Crippen LogP contribution in [0.5, 0.6) is 5.75 Å². The fourth-order valence-corrected chi connectivity index (χ4v) is 2.29. The van der Waals surface area contributed by atoms with E-state index >= 15 is 0 Å². The fraction of sp³-hybridized carbons (Fsp3) is 0.0714. The highest BCUT2D eigenvalue weighted by molar-refractivity contribution is 7.80. The van der Waals surface area contributed by atoms with E-state index in [9.17, 15) is 0 Å². The van der Waals surface area contributed by atoms with Crippen molar-refractivity contribution in [3.8, 4) is 5.75 Å². The van der Waals surface area contributed by atoms with Crippen LogP contribution in [0.3, 0.4) is 0 Å². The highest BCUT2D eigenvalue weighted by atomic mass is 35.5. The number of ether oxygens (including phenoxy) is 1. The minimum Gasteiger partial charge on any atom is -0.495 e. The molecule has 0 saturated carbocycles. The molecule has 0 saturated heterocycles. The summed E-state index contributed by atoms with van der Waals surface area (Å²) in [5.74, 6) is 0.617. The molecule has 3 nitrogen and oxygen atoms in total. The number of anilines is 2. The van der Waals surface area contributed by atoms with Crippen LogP contribution in [-0.4, -0.2) is 12.2 Å². The second-order valence-corrected chi connectivity index (χ2v) is 5.19. The molecule has 2 aromatic rings. The molecule has 0 aliphatic heterocycles. The minimum absolute atomic E-state index is 0.452. The molecule has 0 fully saturated rings. The van der Waals surface area contributed by atoms with Crippen molar-refractivity contribution in [3.05, 3.63) is 52.5 Å². The molecule has 2 N–H and O–H groups in total. The maximum absolute atomic E-state index is 6.05. The molecule has 0 unspecified atom stereocenters. The molecular formula is C14H12Cl2N2OS. The van der Waals surface area contributed by atoms with Crippen LogP contribution in [0, 0.1) is 0 Å². The van der Waals surface area contributed by atoms with Crippen LogP contribution in [0.4, 0.5) is 11.4 Å². The first kappa shape index (κ1) is 14.9. The van der Waals surface area contributed by atoms with Crippen molar-refractivity contribution >= 4 is 51.9 Å². The molecule has 6 heteroatoms. The molecule has 20 heavy (non-hydrogen) atoms. The lowest BCUT2D eigenvalue weighted by Gasteiger charge is -2.12. The Morgan fingerprint density at radius 3 is 2.35 bits per heavy atom. The number of nitrogens with one attached hydrogen (secondary N) is 2. The lowest BCUT2D eigenvalue weighted by Crippen LogP contribution is -2.18. The Bertz CT molecular complexity index is 634. The van der Waals surface area contributed by atoms with E-state index in [4.69, 9.17) is 40.2 Å². The molecule has 2 aromatic carbocycles. The monoisotopic (exact) mass is 326 g/mol. The van der Waals surface area contributed by atoms with E-state index in [1.54, 1.807) is 31.4 Å². The molecule has 0 bridgehead atoms. The average Bonchev–Trinajstić information content (AvgIpc) is 2.38. The summed E-state index contributed by atoms with van der Waals surface area (Å²) in [6, 6.07) is 12.6. The summed E-state index contributed by atoms with van der Waals surface area (Å²) in [6.07, 6.45) is 0. The molecule has 0 aliphatic carbocycles. The summed E-state index contributed by atoms with van der Waals surface area (Å²) in [7, 11) is 1.57. The van der Waals surface area contributed by atoms with Crippen molar-refractivity contribution in [2.45, 2.75) is 0 Å². The van der Waals surface area contributed by atoms with Crippen LogP contribution < -0.4 is 15.4 Å². The van der Waals surface area contributed by atoms with Gasteiger partial charge in [-0.2, -0.15) is 0 Å². The zero-order chi connectivity index (χ0) is 14.5. The molecule has 0 spiro atoms. The third-order valence-electron chi connectivity index (χ3n) is 2.49. The molecule has 0 aliphatic rings. The third kappa shape index (κ3) is 4.00. The number of methoxy groups -OCH3 is 1. The standard InChI is InChI=1S/C14H12Cl2N2OS/c1-19-13-6-5-11(8-12(13)16)18-14(20)17-10-4-2-3-9(15)7-10/h2-8H,1H3,(H2,17,18,20). The van der Waals surface area contributed by atoms with Crippen molar-refractivity contribution in [1.82, 2.24) is 0 Å². The van der Waals surface area contributed by atoms with Gasteiger partial charge in [-0.3, -0.25) is 0 Å². The van der Waals surface area contributed by atoms with Gasteiger partial charge in [-0.1, -0.05) is 29.3 Å². The fourth-order valence-electron chi connectivity index (χ4n) is 1.60. The van der Waals surface area contributed by atoms with Crippen molar-refractivity contribution in [3.63, 3.8) is 0 Å². The minimum atomic E-state index is 0.452. The van der Waals surface area contributed by atoms with E-state index in [1.165, 1.54) is 0 Å². The van der Waals surface area contributed by atoms with E-state index in [2.05, 4.69) is 10.6 Å². The van der Waals surface area contributed by atoms with Crippen LogP contribution in [-0.2, 0) is 0 Å². The quantitative estimate of drug-likeness (QED) is 0.793. The summed E-state index contributed by atoms with van der Waals surface area (Å²) >= 11 is 17.2. The summed E-state index contributed by atoms with van der Waals surface area (Å²) in [5.41, 5.74) is 1.59.